The molecule has 0 aromatic heterocycles. The molecule has 1 heterocycles. The smallest absolute Gasteiger partial charge is 0.119 e. The predicted octanol–water partition coefficient (Wildman–Crippen LogP) is 6.74. The van der Waals surface area contributed by atoms with Crippen LogP contribution in [0, 0.1) is 5.41 Å². The SMILES string of the molecule is CCOc1ccc([C@]2(C)c3cc(OCC)ccc3N[C@H](c3ccccc3)C23CC3)cc1. The maximum absolute atomic E-state index is 5.90. The summed E-state index contributed by atoms with van der Waals surface area (Å²) in [5, 5.41) is 3.91. The lowest BCUT2D eigenvalue weighted by Gasteiger charge is -2.50. The van der Waals surface area contributed by atoms with Gasteiger partial charge in [0.15, 0.2) is 0 Å². The predicted molar refractivity (Wildman–Crippen MR) is 126 cm³/mol. The molecule has 31 heavy (non-hydrogen) atoms. The Morgan fingerprint density at radius 2 is 1.48 bits per heavy atom. The maximum atomic E-state index is 5.90. The Hall–Kier alpha value is -2.94. The van der Waals surface area contributed by atoms with Crippen molar-refractivity contribution in [1.82, 2.24) is 0 Å². The Bertz CT molecular complexity index is 1060. The lowest BCUT2D eigenvalue weighted by Crippen LogP contribution is -2.45. The van der Waals surface area contributed by atoms with Gasteiger partial charge in [0.05, 0.1) is 19.3 Å². The molecule has 1 aliphatic heterocycles. The molecule has 5 rings (SSSR count). The molecule has 3 aromatic rings. The summed E-state index contributed by atoms with van der Waals surface area (Å²) in [6.07, 6.45) is 2.39. The molecule has 0 amide bonds. The first-order valence-electron chi connectivity index (χ1n) is 11.4. The van der Waals surface area contributed by atoms with Gasteiger partial charge in [0, 0.05) is 16.5 Å². The van der Waals surface area contributed by atoms with Gasteiger partial charge in [-0.25, -0.2) is 0 Å². The first-order valence-corrected chi connectivity index (χ1v) is 11.4. The molecule has 0 saturated heterocycles. The zero-order chi connectivity index (χ0) is 21.5. The topological polar surface area (TPSA) is 30.5 Å². The summed E-state index contributed by atoms with van der Waals surface area (Å²) in [6.45, 7) is 7.85. The van der Waals surface area contributed by atoms with Crippen molar-refractivity contribution in [3.63, 3.8) is 0 Å². The summed E-state index contributed by atoms with van der Waals surface area (Å²) in [6, 6.07) is 26.5. The fourth-order valence-electron chi connectivity index (χ4n) is 5.64. The number of anilines is 1. The summed E-state index contributed by atoms with van der Waals surface area (Å²) in [7, 11) is 0. The van der Waals surface area contributed by atoms with Gasteiger partial charge in [-0.3, -0.25) is 0 Å². The van der Waals surface area contributed by atoms with Crippen molar-refractivity contribution >= 4 is 5.69 Å². The van der Waals surface area contributed by atoms with Crippen molar-refractivity contribution in [2.24, 2.45) is 5.41 Å². The standard InChI is InChI=1S/C28H31NO2/c1-4-30-22-13-11-21(12-14-22)27(3)24-19-23(31-5-2)15-16-25(24)29-26(28(27)17-18-28)20-9-7-6-8-10-20/h6-16,19,26,29H,4-5,17-18H2,1-3H3/t26-,27-/m1/s1. The highest BCUT2D eigenvalue weighted by atomic mass is 16.5. The second kappa shape index (κ2) is 7.64. The van der Waals surface area contributed by atoms with Crippen LogP contribution >= 0.6 is 0 Å². The highest BCUT2D eigenvalue weighted by Crippen LogP contribution is 2.71. The molecule has 3 heteroatoms. The van der Waals surface area contributed by atoms with E-state index in [4.69, 9.17) is 9.47 Å². The lowest BCUT2D eigenvalue weighted by molar-refractivity contribution is 0.262. The number of rotatable bonds is 6. The number of fused-ring (bicyclic) bond motifs is 1. The third kappa shape index (κ3) is 3.10. The van der Waals surface area contributed by atoms with Gasteiger partial charge in [-0.15, -0.1) is 0 Å². The van der Waals surface area contributed by atoms with E-state index in [0.29, 0.717) is 13.2 Å². The first-order chi connectivity index (χ1) is 15.1. The Balaban J connectivity index is 1.69. The average Bonchev–Trinajstić information content (AvgIpc) is 3.60. The van der Waals surface area contributed by atoms with Gasteiger partial charge in [-0.1, -0.05) is 49.4 Å². The number of nitrogens with one attached hydrogen (secondary N) is 1. The van der Waals surface area contributed by atoms with E-state index in [-0.39, 0.29) is 16.9 Å². The van der Waals surface area contributed by atoms with Crippen molar-refractivity contribution in [3.05, 3.63) is 89.5 Å². The first kappa shape index (κ1) is 20.0. The molecular formula is C28H31NO2. The molecule has 1 N–H and O–H groups in total. The summed E-state index contributed by atoms with van der Waals surface area (Å²) in [5.41, 5.74) is 5.21. The van der Waals surface area contributed by atoms with Crippen LogP contribution in [-0.4, -0.2) is 13.2 Å². The van der Waals surface area contributed by atoms with Gasteiger partial charge in [-0.05, 0) is 73.7 Å². The van der Waals surface area contributed by atoms with Crippen LogP contribution in [0.25, 0.3) is 0 Å². The van der Waals surface area contributed by atoms with Crippen molar-refractivity contribution in [1.29, 1.82) is 0 Å². The van der Waals surface area contributed by atoms with Gasteiger partial charge >= 0.3 is 0 Å². The minimum atomic E-state index is -0.133. The third-order valence-corrected chi connectivity index (χ3v) is 7.35. The Morgan fingerprint density at radius 1 is 0.839 bits per heavy atom. The van der Waals surface area contributed by atoms with E-state index < -0.39 is 0 Å². The molecular weight excluding hydrogens is 382 g/mol. The molecule has 1 spiro atoms. The average molecular weight is 414 g/mol. The molecule has 0 unspecified atom stereocenters. The zero-order valence-electron chi connectivity index (χ0n) is 18.7. The summed E-state index contributed by atoms with van der Waals surface area (Å²) >= 11 is 0. The van der Waals surface area contributed by atoms with E-state index in [2.05, 4.69) is 85.0 Å². The van der Waals surface area contributed by atoms with E-state index in [9.17, 15) is 0 Å². The van der Waals surface area contributed by atoms with Crippen LogP contribution < -0.4 is 14.8 Å². The summed E-state index contributed by atoms with van der Waals surface area (Å²) in [5.74, 6) is 1.87. The number of hydrogen-bond donors (Lipinski definition) is 1. The van der Waals surface area contributed by atoms with Crippen molar-refractivity contribution in [2.75, 3.05) is 18.5 Å². The lowest BCUT2D eigenvalue weighted by atomic mass is 9.58. The highest BCUT2D eigenvalue weighted by Gasteiger charge is 2.65. The van der Waals surface area contributed by atoms with Crippen LogP contribution in [0.15, 0.2) is 72.8 Å². The molecule has 1 aliphatic carbocycles. The second-order valence-corrected chi connectivity index (χ2v) is 8.87. The van der Waals surface area contributed by atoms with E-state index in [1.165, 1.54) is 35.2 Å². The molecule has 0 bridgehead atoms. The maximum Gasteiger partial charge on any atom is 0.119 e. The Morgan fingerprint density at radius 3 is 2.13 bits per heavy atom. The summed E-state index contributed by atoms with van der Waals surface area (Å²) < 4.78 is 11.6. The number of hydrogen-bond acceptors (Lipinski definition) is 3. The minimum absolute atomic E-state index is 0.124. The molecule has 0 radical (unpaired) electrons. The second-order valence-electron chi connectivity index (χ2n) is 8.87. The van der Waals surface area contributed by atoms with E-state index in [0.717, 1.165) is 11.5 Å². The summed E-state index contributed by atoms with van der Waals surface area (Å²) in [4.78, 5) is 0. The van der Waals surface area contributed by atoms with E-state index in [1.54, 1.807) is 0 Å². The van der Waals surface area contributed by atoms with Crippen molar-refractivity contribution < 1.29 is 9.47 Å². The Kier molecular flexibility index (Phi) is 4.92. The largest absolute Gasteiger partial charge is 0.494 e. The molecule has 2 aliphatic rings. The van der Waals surface area contributed by atoms with Crippen molar-refractivity contribution in [3.8, 4) is 11.5 Å². The van der Waals surface area contributed by atoms with Crippen LogP contribution in [0.3, 0.4) is 0 Å². The van der Waals surface area contributed by atoms with Gasteiger partial charge in [0.2, 0.25) is 0 Å². The number of benzene rings is 3. The van der Waals surface area contributed by atoms with Gasteiger partial charge in [-0.2, -0.15) is 0 Å². The van der Waals surface area contributed by atoms with Crippen LogP contribution in [0.1, 0.15) is 56.3 Å². The molecule has 160 valence electrons. The van der Waals surface area contributed by atoms with Crippen LogP contribution in [-0.2, 0) is 5.41 Å². The fraction of sp³-hybridized carbons (Fsp3) is 0.357. The van der Waals surface area contributed by atoms with Crippen LogP contribution in [0.2, 0.25) is 0 Å². The van der Waals surface area contributed by atoms with Crippen LogP contribution in [0.5, 0.6) is 11.5 Å². The van der Waals surface area contributed by atoms with Gasteiger partial charge in [0.1, 0.15) is 11.5 Å². The minimum Gasteiger partial charge on any atom is -0.494 e. The quantitative estimate of drug-likeness (QED) is 0.485. The highest BCUT2D eigenvalue weighted by molar-refractivity contribution is 5.67. The third-order valence-electron chi connectivity index (χ3n) is 7.35. The number of ether oxygens (including phenoxy) is 2. The molecule has 2 atom stereocenters. The normalized spacial score (nSPS) is 23.0. The van der Waals surface area contributed by atoms with Gasteiger partial charge < -0.3 is 14.8 Å². The monoisotopic (exact) mass is 413 g/mol. The van der Waals surface area contributed by atoms with Crippen LogP contribution in [0.4, 0.5) is 5.69 Å². The molecule has 3 nitrogen and oxygen atoms in total. The van der Waals surface area contributed by atoms with E-state index >= 15 is 0 Å². The molecule has 1 fully saturated rings. The Labute approximate surface area is 185 Å². The zero-order valence-corrected chi connectivity index (χ0v) is 18.7. The van der Waals surface area contributed by atoms with Crippen molar-refractivity contribution in [2.45, 2.75) is 45.1 Å². The molecule has 1 saturated carbocycles. The van der Waals surface area contributed by atoms with E-state index in [1.807, 2.05) is 13.8 Å². The fourth-order valence-corrected chi connectivity index (χ4v) is 5.64. The van der Waals surface area contributed by atoms with Gasteiger partial charge in [0.25, 0.3) is 0 Å². The molecule has 3 aromatic carbocycles.